The lowest BCUT2D eigenvalue weighted by Gasteiger charge is -2.36. The van der Waals surface area contributed by atoms with Crippen LogP contribution in [0.5, 0.6) is 17.2 Å². The maximum atomic E-state index is 13.0. The SMILES string of the molecule is CN(C)CCOc1ccc(Cc2c(-c3ccc(O[Si](C)(C)C(C)(C)C)cc3)sc3cc(OS(=O)(=O)C(F)(F)F)ccc23)cc1. The van der Waals surface area contributed by atoms with Gasteiger partial charge in [-0.05, 0) is 115 Å². The Morgan fingerprint density at radius 3 is 2.02 bits per heavy atom. The van der Waals surface area contributed by atoms with Gasteiger partial charge in [0.25, 0.3) is 0 Å². The number of fused-ring (bicyclic) bond motifs is 1. The molecular weight excluding hydrogens is 628 g/mol. The molecule has 1 heterocycles. The highest BCUT2D eigenvalue weighted by Crippen LogP contribution is 2.43. The minimum atomic E-state index is -5.79. The van der Waals surface area contributed by atoms with Crippen molar-refractivity contribution in [3.63, 3.8) is 0 Å². The van der Waals surface area contributed by atoms with Gasteiger partial charge >= 0.3 is 15.6 Å². The lowest BCUT2D eigenvalue weighted by atomic mass is 9.99. The molecule has 3 aromatic carbocycles. The molecule has 1 aromatic heterocycles. The summed E-state index contributed by atoms with van der Waals surface area (Å²) in [6.07, 6.45) is 0.538. The van der Waals surface area contributed by atoms with Crippen LogP contribution in [0, 0.1) is 0 Å². The van der Waals surface area contributed by atoms with Crippen molar-refractivity contribution < 1.29 is 34.9 Å². The highest BCUT2D eigenvalue weighted by Gasteiger charge is 2.48. The molecule has 0 amide bonds. The Balaban J connectivity index is 1.70. The zero-order valence-corrected chi connectivity index (χ0v) is 28.5. The van der Waals surface area contributed by atoms with Crippen LogP contribution in [-0.2, 0) is 16.5 Å². The summed E-state index contributed by atoms with van der Waals surface area (Å²) in [6.45, 7) is 12.3. The van der Waals surface area contributed by atoms with E-state index >= 15 is 0 Å². The first kappa shape index (κ1) is 33.8. The normalized spacial score (nSPS) is 13.0. The first-order chi connectivity index (χ1) is 20.4. The molecule has 6 nitrogen and oxygen atoms in total. The highest BCUT2D eigenvalue weighted by atomic mass is 32.2. The first-order valence-electron chi connectivity index (χ1n) is 14.1. The van der Waals surface area contributed by atoms with Crippen LogP contribution in [-0.4, -0.2) is 54.4 Å². The van der Waals surface area contributed by atoms with Gasteiger partial charge in [-0.3, -0.25) is 0 Å². The summed E-state index contributed by atoms with van der Waals surface area (Å²) >= 11 is 1.37. The molecule has 0 bridgehead atoms. The van der Waals surface area contributed by atoms with Crippen molar-refractivity contribution in [3.05, 3.63) is 77.9 Å². The minimum Gasteiger partial charge on any atom is -0.544 e. The van der Waals surface area contributed by atoms with Gasteiger partial charge in [0.1, 0.15) is 23.9 Å². The van der Waals surface area contributed by atoms with Gasteiger partial charge in [-0.15, -0.1) is 11.3 Å². The zero-order chi connectivity index (χ0) is 32.5. The third-order valence-electron chi connectivity index (χ3n) is 7.66. The molecule has 0 saturated carbocycles. The Morgan fingerprint density at radius 2 is 1.45 bits per heavy atom. The number of hydrogen-bond donors (Lipinski definition) is 0. The molecule has 0 aliphatic rings. The Hall–Kier alpha value is -3.06. The van der Waals surface area contributed by atoms with Gasteiger partial charge in [-0.2, -0.15) is 21.6 Å². The van der Waals surface area contributed by atoms with Gasteiger partial charge in [0.15, 0.2) is 0 Å². The second-order valence-corrected chi connectivity index (χ2v) is 19.7. The smallest absolute Gasteiger partial charge is 0.534 e. The van der Waals surface area contributed by atoms with Crippen LogP contribution in [0.4, 0.5) is 13.2 Å². The molecule has 238 valence electrons. The molecule has 4 rings (SSSR count). The van der Waals surface area contributed by atoms with E-state index in [0.29, 0.717) is 17.7 Å². The molecule has 4 aromatic rings. The van der Waals surface area contributed by atoms with E-state index < -0.39 is 29.7 Å². The van der Waals surface area contributed by atoms with Crippen LogP contribution in [0.1, 0.15) is 31.9 Å². The zero-order valence-electron chi connectivity index (χ0n) is 25.9. The number of alkyl halides is 3. The van der Waals surface area contributed by atoms with Gasteiger partial charge in [0.2, 0.25) is 8.32 Å². The maximum absolute atomic E-state index is 13.0. The van der Waals surface area contributed by atoms with Gasteiger partial charge in [0.05, 0.1) is 0 Å². The number of nitrogens with zero attached hydrogens (tertiary/aromatic N) is 1. The van der Waals surface area contributed by atoms with Crippen LogP contribution in [0.15, 0.2) is 66.7 Å². The summed E-state index contributed by atoms with van der Waals surface area (Å²) in [7, 11) is -3.87. The minimum absolute atomic E-state index is 0.0383. The molecule has 12 heteroatoms. The lowest BCUT2D eigenvalue weighted by molar-refractivity contribution is -0.0500. The van der Waals surface area contributed by atoms with E-state index in [0.717, 1.165) is 45.0 Å². The van der Waals surface area contributed by atoms with Gasteiger partial charge < -0.3 is 18.2 Å². The summed E-state index contributed by atoms with van der Waals surface area (Å²) in [5.74, 6) is 1.14. The molecule has 0 atom stereocenters. The highest BCUT2D eigenvalue weighted by molar-refractivity contribution is 7.88. The quantitative estimate of drug-likeness (QED) is 0.0908. The van der Waals surface area contributed by atoms with Gasteiger partial charge in [0, 0.05) is 16.1 Å². The van der Waals surface area contributed by atoms with E-state index in [1.165, 1.54) is 23.5 Å². The third-order valence-corrected chi connectivity index (χ3v) is 14.2. The Bertz CT molecular complexity index is 1690. The van der Waals surface area contributed by atoms with Crippen molar-refractivity contribution >= 4 is 39.9 Å². The van der Waals surface area contributed by atoms with Crippen molar-refractivity contribution in [2.24, 2.45) is 0 Å². The molecule has 0 spiro atoms. The molecule has 0 fully saturated rings. The molecule has 0 aliphatic heterocycles. The number of thiophene rings is 1. The topological polar surface area (TPSA) is 65.1 Å². The fourth-order valence-electron chi connectivity index (χ4n) is 4.14. The maximum Gasteiger partial charge on any atom is 0.534 e. The van der Waals surface area contributed by atoms with Crippen molar-refractivity contribution in [1.82, 2.24) is 4.90 Å². The molecule has 0 saturated heterocycles. The fraction of sp³-hybridized carbons (Fsp3) is 0.375. The summed E-state index contributed by atoms with van der Waals surface area (Å²) in [6, 6.07) is 19.8. The molecule has 0 N–H and O–H groups in total. The fourth-order valence-corrected chi connectivity index (χ4v) is 6.88. The second kappa shape index (κ2) is 12.7. The van der Waals surface area contributed by atoms with Crippen molar-refractivity contribution in [2.75, 3.05) is 27.2 Å². The van der Waals surface area contributed by atoms with Crippen LogP contribution in [0.2, 0.25) is 18.1 Å². The van der Waals surface area contributed by atoms with Gasteiger partial charge in [-0.1, -0.05) is 32.9 Å². The number of rotatable bonds is 11. The van der Waals surface area contributed by atoms with E-state index in [1.54, 1.807) is 6.07 Å². The number of benzene rings is 3. The summed E-state index contributed by atoms with van der Waals surface area (Å²) in [4.78, 5) is 2.96. The predicted octanol–water partition coefficient (Wildman–Crippen LogP) is 8.71. The van der Waals surface area contributed by atoms with E-state index in [2.05, 4.69) is 38.0 Å². The Morgan fingerprint density at radius 1 is 0.864 bits per heavy atom. The molecular formula is C32H38F3NO5S2Si. The van der Waals surface area contributed by atoms with Crippen LogP contribution >= 0.6 is 11.3 Å². The van der Waals surface area contributed by atoms with Crippen LogP contribution < -0.4 is 13.3 Å². The number of hydrogen-bond acceptors (Lipinski definition) is 7. The largest absolute Gasteiger partial charge is 0.544 e. The monoisotopic (exact) mass is 665 g/mol. The van der Waals surface area contributed by atoms with Gasteiger partial charge in [-0.25, -0.2) is 0 Å². The number of likely N-dealkylation sites (N-methyl/N-ethyl adjacent to an activating group) is 1. The molecule has 0 aliphatic carbocycles. The molecule has 0 unspecified atom stereocenters. The van der Waals surface area contributed by atoms with Crippen LogP contribution in [0.25, 0.3) is 20.5 Å². The molecule has 0 radical (unpaired) electrons. The average molecular weight is 666 g/mol. The second-order valence-electron chi connectivity index (χ2n) is 12.4. The summed E-state index contributed by atoms with van der Waals surface area (Å²) in [5.41, 5.74) is -2.62. The first-order valence-corrected chi connectivity index (χ1v) is 19.2. The standard InChI is InChI=1S/C32H38F3NO5S2Si/c1-31(2,3)44(6,7)41-25-14-10-23(11-15-25)30-28(20-22-8-12-24(13-9-22)39-19-18-36(4)5)27-17-16-26(21-29(27)42-30)40-43(37,38)32(33,34)35/h8-17,21H,18-20H2,1-7H3. The van der Waals surface area contributed by atoms with Crippen molar-refractivity contribution in [1.29, 1.82) is 0 Å². The molecule has 44 heavy (non-hydrogen) atoms. The van der Waals surface area contributed by atoms with Crippen LogP contribution in [0.3, 0.4) is 0 Å². The summed E-state index contributed by atoms with van der Waals surface area (Å²) in [5, 5.41) is 0.839. The lowest BCUT2D eigenvalue weighted by Crippen LogP contribution is -2.43. The number of halogens is 3. The van der Waals surface area contributed by atoms with Crippen molar-refractivity contribution in [3.8, 4) is 27.7 Å². The number of ether oxygens (including phenoxy) is 1. The predicted molar refractivity (Wildman–Crippen MR) is 174 cm³/mol. The van der Waals surface area contributed by atoms with Crippen molar-refractivity contribution in [2.45, 2.75) is 50.8 Å². The summed E-state index contributed by atoms with van der Waals surface area (Å²) < 4.78 is 79.5. The Labute approximate surface area is 262 Å². The van der Waals surface area contributed by atoms with E-state index in [4.69, 9.17) is 9.16 Å². The van der Waals surface area contributed by atoms with E-state index in [1.807, 2.05) is 67.5 Å². The average Bonchev–Trinajstić information content (AvgIpc) is 3.25. The Kier molecular flexibility index (Phi) is 9.79. The van der Waals surface area contributed by atoms with E-state index in [-0.39, 0.29) is 5.04 Å². The third kappa shape index (κ3) is 7.95. The van der Waals surface area contributed by atoms with E-state index in [9.17, 15) is 21.6 Å².